The van der Waals surface area contributed by atoms with Gasteiger partial charge in [-0.2, -0.15) is 0 Å². The molecular formula is C27H36. The van der Waals surface area contributed by atoms with E-state index in [1.54, 1.807) is 5.56 Å². The van der Waals surface area contributed by atoms with Crippen LogP contribution in [0.3, 0.4) is 0 Å². The summed E-state index contributed by atoms with van der Waals surface area (Å²) in [5.74, 6) is 0.915. The molecular weight excluding hydrogens is 324 g/mol. The Morgan fingerprint density at radius 2 is 1.70 bits per heavy atom. The fourth-order valence-corrected chi connectivity index (χ4v) is 5.01. The van der Waals surface area contributed by atoms with Crippen LogP contribution in [0.4, 0.5) is 0 Å². The van der Waals surface area contributed by atoms with Gasteiger partial charge in [-0.1, -0.05) is 67.8 Å². The number of allylic oxidation sites excluding steroid dienone is 1. The minimum Gasteiger partial charge on any atom is -0.0999 e. The van der Waals surface area contributed by atoms with Crippen molar-refractivity contribution in [1.82, 2.24) is 0 Å². The molecule has 1 atom stereocenters. The topological polar surface area (TPSA) is 0 Å². The SMILES string of the molecule is C=C1CCC(CCCCc2ccc(-c3c(C)cc(C)cc3C)cc2CC)C1. The van der Waals surface area contributed by atoms with Crippen LogP contribution in [-0.4, -0.2) is 0 Å². The Bertz CT molecular complexity index is 786. The molecule has 0 heterocycles. The largest absolute Gasteiger partial charge is 0.0999 e. The van der Waals surface area contributed by atoms with Gasteiger partial charge in [0.2, 0.25) is 0 Å². The zero-order valence-corrected chi connectivity index (χ0v) is 17.8. The van der Waals surface area contributed by atoms with Gasteiger partial charge < -0.3 is 0 Å². The summed E-state index contributed by atoms with van der Waals surface area (Å²) in [6.45, 7) is 13.1. The maximum atomic E-state index is 4.15. The zero-order valence-electron chi connectivity index (χ0n) is 17.8. The predicted molar refractivity (Wildman–Crippen MR) is 120 cm³/mol. The van der Waals surface area contributed by atoms with Crippen LogP contribution < -0.4 is 0 Å². The second kappa shape index (κ2) is 8.91. The van der Waals surface area contributed by atoms with Gasteiger partial charge in [0.25, 0.3) is 0 Å². The molecule has 144 valence electrons. The van der Waals surface area contributed by atoms with Gasteiger partial charge in [0, 0.05) is 0 Å². The summed E-state index contributed by atoms with van der Waals surface area (Å²) in [5.41, 5.74) is 11.5. The first-order valence-corrected chi connectivity index (χ1v) is 10.8. The quantitative estimate of drug-likeness (QED) is 0.347. The van der Waals surface area contributed by atoms with Crippen LogP contribution in [0.2, 0.25) is 0 Å². The van der Waals surface area contributed by atoms with Crippen LogP contribution in [0.5, 0.6) is 0 Å². The van der Waals surface area contributed by atoms with Gasteiger partial charge in [-0.3, -0.25) is 0 Å². The van der Waals surface area contributed by atoms with Crippen LogP contribution >= 0.6 is 0 Å². The Morgan fingerprint density at radius 3 is 2.33 bits per heavy atom. The van der Waals surface area contributed by atoms with Gasteiger partial charge in [-0.15, -0.1) is 0 Å². The highest BCUT2D eigenvalue weighted by atomic mass is 14.2. The van der Waals surface area contributed by atoms with E-state index in [0.717, 1.165) is 12.3 Å². The summed E-state index contributed by atoms with van der Waals surface area (Å²) in [6, 6.07) is 11.8. The first-order chi connectivity index (χ1) is 13.0. The van der Waals surface area contributed by atoms with Crippen LogP contribution in [0, 0.1) is 26.7 Å². The molecule has 1 saturated carbocycles. The molecule has 3 rings (SSSR count). The van der Waals surface area contributed by atoms with E-state index in [-0.39, 0.29) is 0 Å². The molecule has 0 bridgehead atoms. The summed E-state index contributed by atoms with van der Waals surface area (Å²) >= 11 is 0. The van der Waals surface area contributed by atoms with Crippen molar-refractivity contribution in [3.05, 3.63) is 70.3 Å². The molecule has 2 aromatic rings. The normalized spacial score (nSPS) is 16.9. The van der Waals surface area contributed by atoms with Crippen LogP contribution in [0.1, 0.15) is 73.3 Å². The molecule has 1 aliphatic rings. The van der Waals surface area contributed by atoms with Crippen molar-refractivity contribution in [2.45, 2.75) is 79.1 Å². The molecule has 1 fully saturated rings. The van der Waals surface area contributed by atoms with Gasteiger partial charge >= 0.3 is 0 Å². The van der Waals surface area contributed by atoms with Gasteiger partial charge in [0.05, 0.1) is 0 Å². The highest BCUT2D eigenvalue weighted by Crippen LogP contribution is 2.33. The molecule has 0 radical (unpaired) electrons. The van der Waals surface area contributed by atoms with E-state index < -0.39 is 0 Å². The highest BCUT2D eigenvalue weighted by Gasteiger charge is 2.17. The van der Waals surface area contributed by atoms with Crippen molar-refractivity contribution in [3.8, 4) is 11.1 Å². The lowest BCUT2D eigenvalue weighted by Gasteiger charge is -2.15. The molecule has 2 aromatic carbocycles. The lowest BCUT2D eigenvalue weighted by atomic mass is 9.90. The molecule has 27 heavy (non-hydrogen) atoms. The van der Waals surface area contributed by atoms with E-state index in [9.17, 15) is 0 Å². The molecule has 0 nitrogen and oxygen atoms in total. The van der Waals surface area contributed by atoms with Crippen molar-refractivity contribution in [2.24, 2.45) is 5.92 Å². The van der Waals surface area contributed by atoms with Crippen LogP contribution in [-0.2, 0) is 12.8 Å². The van der Waals surface area contributed by atoms with Crippen molar-refractivity contribution in [2.75, 3.05) is 0 Å². The molecule has 1 aliphatic carbocycles. The number of hydrogen-bond donors (Lipinski definition) is 0. The summed E-state index contributed by atoms with van der Waals surface area (Å²) < 4.78 is 0. The number of rotatable bonds is 7. The van der Waals surface area contributed by atoms with Crippen molar-refractivity contribution in [3.63, 3.8) is 0 Å². The minimum atomic E-state index is 0.915. The lowest BCUT2D eigenvalue weighted by Crippen LogP contribution is -1.98. The Hall–Kier alpha value is -1.82. The summed E-state index contributed by atoms with van der Waals surface area (Å²) in [7, 11) is 0. The van der Waals surface area contributed by atoms with Gasteiger partial charge in [0.15, 0.2) is 0 Å². The third kappa shape index (κ3) is 4.92. The monoisotopic (exact) mass is 360 g/mol. The summed E-state index contributed by atoms with van der Waals surface area (Å²) in [5, 5.41) is 0. The third-order valence-corrected chi connectivity index (χ3v) is 6.34. The molecule has 0 aromatic heterocycles. The zero-order chi connectivity index (χ0) is 19.4. The standard InChI is InChI=1S/C27H36/c1-6-24-18-26(27-21(4)15-20(3)16-22(27)5)14-13-25(24)10-8-7-9-23-12-11-19(2)17-23/h13-16,18,23H,2,6-12,17H2,1,3-5H3. The first kappa shape index (κ1) is 19.9. The molecule has 0 heteroatoms. The van der Waals surface area contributed by atoms with E-state index >= 15 is 0 Å². The number of hydrogen-bond acceptors (Lipinski definition) is 0. The Morgan fingerprint density at radius 1 is 0.963 bits per heavy atom. The average Bonchev–Trinajstić information content (AvgIpc) is 3.03. The average molecular weight is 361 g/mol. The molecule has 0 spiro atoms. The smallest absolute Gasteiger partial charge is 0.0125 e. The maximum absolute atomic E-state index is 4.15. The van der Waals surface area contributed by atoms with E-state index in [1.807, 2.05) is 0 Å². The minimum absolute atomic E-state index is 0.915. The molecule has 0 aliphatic heterocycles. The number of aryl methyl sites for hydroxylation is 5. The van der Waals surface area contributed by atoms with Gasteiger partial charge in [-0.05, 0) is 98.6 Å². The number of unbranched alkanes of at least 4 members (excludes halogenated alkanes) is 1. The highest BCUT2D eigenvalue weighted by molar-refractivity contribution is 5.72. The fraction of sp³-hybridized carbons (Fsp3) is 0.481. The van der Waals surface area contributed by atoms with E-state index in [1.165, 1.54) is 83.9 Å². The predicted octanol–water partition coefficient (Wildman–Crippen LogP) is 7.91. The maximum Gasteiger partial charge on any atom is -0.0125 e. The van der Waals surface area contributed by atoms with Gasteiger partial charge in [0.1, 0.15) is 0 Å². The first-order valence-electron chi connectivity index (χ1n) is 10.8. The third-order valence-electron chi connectivity index (χ3n) is 6.34. The fourth-order valence-electron chi connectivity index (χ4n) is 5.01. The van der Waals surface area contributed by atoms with Crippen molar-refractivity contribution < 1.29 is 0 Å². The second-order valence-electron chi connectivity index (χ2n) is 8.72. The van der Waals surface area contributed by atoms with Gasteiger partial charge in [-0.25, -0.2) is 0 Å². The molecule has 0 saturated heterocycles. The van der Waals surface area contributed by atoms with E-state index in [4.69, 9.17) is 0 Å². The van der Waals surface area contributed by atoms with Crippen molar-refractivity contribution >= 4 is 0 Å². The number of benzene rings is 2. The Kier molecular flexibility index (Phi) is 6.58. The van der Waals surface area contributed by atoms with Crippen LogP contribution in [0.25, 0.3) is 11.1 Å². The van der Waals surface area contributed by atoms with E-state index in [0.29, 0.717) is 0 Å². The molecule has 0 N–H and O–H groups in total. The second-order valence-corrected chi connectivity index (χ2v) is 8.72. The van der Waals surface area contributed by atoms with Crippen LogP contribution in [0.15, 0.2) is 42.5 Å². The summed E-state index contributed by atoms with van der Waals surface area (Å²) in [6.07, 6.45) is 10.3. The van der Waals surface area contributed by atoms with E-state index in [2.05, 4.69) is 64.6 Å². The van der Waals surface area contributed by atoms with Crippen molar-refractivity contribution in [1.29, 1.82) is 0 Å². The Balaban J connectivity index is 1.67. The lowest BCUT2D eigenvalue weighted by molar-refractivity contribution is 0.479. The molecule has 1 unspecified atom stereocenters. The Labute approximate surface area is 166 Å². The summed E-state index contributed by atoms with van der Waals surface area (Å²) in [4.78, 5) is 0. The molecule has 0 amide bonds.